The van der Waals surface area contributed by atoms with Crippen LogP contribution in [0.2, 0.25) is 0 Å². The third kappa shape index (κ3) is 2.29. The van der Waals surface area contributed by atoms with E-state index in [1.807, 2.05) is 30.3 Å². The van der Waals surface area contributed by atoms with Crippen LogP contribution in [0.3, 0.4) is 0 Å². The van der Waals surface area contributed by atoms with E-state index < -0.39 is 0 Å². The summed E-state index contributed by atoms with van der Waals surface area (Å²) in [6.45, 7) is 2.78. The highest BCUT2D eigenvalue weighted by Crippen LogP contribution is 2.33. The number of halogens is 1. The van der Waals surface area contributed by atoms with Crippen LogP contribution in [0.5, 0.6) is 0 Å². The van der Waals surface area contributed by atoms with Crippen molar-refractivity contribution in [2.45, 2.75) is 20.1 Å². The standard InChI is InChI=1S/C21H18FNO/c1-14-16(13-24)8-11-20-21(14)18-4-2-3-5-19(18)23(20)12-15-6-9-17(22)10-7-15/h2-11,24H,12-13H2,1H3. The van der Waals surface area contributed by atoms with Gasteiger partial charge in [0.15, 0.2) is 0 Å². The van der Waals surface area contributed by atoms with E-state index in [1.165, 1.54) is 22.9 Å². The van der Waals surface area contributed by atoms with Crippen LogP contribution in [-0.2, 0) is 13.2 Å². The number of aliphatic hydroxyl groups excluding tert-OH is 1. The molecule has 0 saturated carbocycles. The van der Waals surface area contributed by atoms with Gasteiger partial charge in [0.25, 0.3) is 0 Å². The van der Waals surface area contributed by atoms with Gasteiger partial charge in [-0.1, -0.05) is 36.4 Å². The average Bonchev–Trinajstić information content (AvgIpc) is 2.92. The monoisotopic (exact) mass is 319 g/mol. The Morgan fingerprint density at radius 1 is 0.917 bits per heavy atom. The summed E-state index contributed by atoms with van der Waals surface area (Å²) in [4.78, 5) is 0. The van der Waals surface area contributed by atoms with E-state index in [2.05, 4.69) is 29.7 Å². The Bertz CT molecular complexity index is 1030. The van der Waals surface area contributed by atoms with Crippen LogP contribution in [0.15, 0.2) is 60.7 Å². The predicted octanol–water partition coefficient (Wildman–Crippen LogP) is 4.78. The fourth-order valence-electron chi connectivity index (χ4n) is 3.47. The zero-order valence-electron chi connectivity index (χ0n) is 13.5. The molecule has 0 aliphatic heterocycles. The Hall–Kier alpha value is -2.65. The highest BCUT2D eigenvalue weighted by atomic mass is 19.1. The number of hydrogen-bond acceptors (Lipinski definition) is 1. The summed E-state index contributed by atoms with van der Waals surface area (Å²) in [5.41, 5.74) is 5.41. The maximum absolute atomic E-state index is 13.2. The van der Waals surface area contributed by atoms with Gasteiger partial charge >= 0.3 is 0 Å². The molecule has 0 aliphatic rings. The van der Waals surface area contributed by atoms with Crippen molar-refractivity contribution in [3.63, 3.8) is 0 Å². The molecule has 1 aromatic heterocycles. The number of aliphatic hydroxyl groups is 1. The van der Waals surface area contributed by atoms with E-state index in [0.29, 0.717) is 6.54 Å². The first-order valence-corrected chi connectivity index (χ1v) is 8.04. The van der Waals surface area contributed by atoms with Gasteiger partial charge in [0.05, 0.1) is 6.61 Å². The quantitative estimate of drug-likeness (QED) is 0.577. The van der Waals surface area contributed by atoms with E-state index in [-0.39, 0.29) is 12.4 Å². The highest BCUT2D eigenvalue weighted by Gasteiger charge is 2.14. The summed E-state index contributed by atoms with van der Waals surface area (Å²) in [5, 5.41) is 11.9. The lowest BCUT2D eigenvalue weighted by molar-refractivity contribution is 0.281. The summed E-state index contributed by atoms with van der Waals surface area (Å²) in [6.07, 6.45) is 0. The molecule has 4 rings (SSSR count). The Morgan fingerprint density at radius 3 is 2.42 bits per heavy atom. The van der Waals surface area contributed by atoms with E-state index in [4.69, 9.17) is 0 Å². The van der Waals surface area contributed by atoms with Gasteiger partial charge in [0.1, 0.15) is 5.82 Å². The lowest BCUT2D eigenvalue weighted by atomic mass is 10.0. The molecule has 0 radical (unpaired) electrons. The van der Waals surface area contributed by atoms with Crippen molar-refractivity contribution < 1.29 is 9.50 Å². The largest absolute Gasteiger partial charge is 0.392 e. The van der Waals surface area contributed by atoms with E-state index in [0.717, 1.165) is 27.7 Å². The molecule has 0 fully saturated rings. The molecule has 0 amide bonds. The predicted molar refractivity (Wildman–Crippen MR) is 95.6 cm³/mol. The van der Waals surface area contributed by atoms with Crippen LogP contribution < -0.4 is 0 Å². The molecule has 4 aromatic rings. The van der Waals surface area contributed by atoms with E-state index in [9.17, 15) is 9.50 Å². The second-order valence-corrected chi connectivity index (χ2v) is 6.13. The minimum Gasteiger partial charge on any atom is -0.392 e. The summed E-state index contributed by atoms with van der Waals surface area (Å²) >= 11 is 0. The Kier molecular flexibility index (Phi) is 3.58. The number of aryl methyl sites for hydroxylation is 1. The normalized spacial score (nSPS) is 11.5. The Labute approximate surface area is 139 Å². The van der Waals surface area contributed by atoms with Crippen LogP contribution in [0, 0.1) is 12.7 Å². The molecule has 0 spiro atoms. The zero-order chi connectivity index (χ0) is 16.7. The molecule has 1 N–H and O–H groups in total. The first kappa shape index (κ1) is 14.9. The van der Waals surface area contributed by atoms with Crippen molar-refractivity contribution in [3.05, 3.63) is 83.2 Å². The van der Waals surface area contributed by atoms with Gasteiger partial charge in [0.2, 0.25) is 0 Å². The molecular formula is C21H18FNO. The third-order valence-corrected chi connectivity index (χ3v) is 4.73. The fourth-order valence-corrected chi connectivity index (χ4v) is 3.47. The van der Waals surface area contributed by atoms with Gasteiger partial charge in [-0.3, -0.25) is 0 Å². The van der Waals surface area contributed by atoms with Gasteiger partial charge in [0, 0.05) is 28.4 Å². The minimum atomic E-state index is -0.218. The average molecular weight is 319 g/mol. The summed E-state index contributed by atoms with van der Waals surface area (Å²) < 4.78 is 15.4. The molecule has 24 heavy (non-hydrogen) atoms. The van der Waals surface area contributed by atoms with Crippen LogP contribution >= 0.6 is 0 Å². The molecule has 0 saturated heterocycles. The molecule has 3 aromatic carbocycles. The minimum absolute atomic E-state index is 0.0409. The number of hydrogen-bond donors (Lipinski definition) is 1. The molecule has 120 valence electrons. The fraction of sp³-hybridized carbons (Fsp3) is 0.143. The summed E-state index contributed by atoms with van der Waals surface area (Å²) in [7, 11) is 0. The van der Waals surface area contributed by atoms with Crippen LogP contribution in [0.4, 0.5) is 4.39 Å². The molecule has 0 atom stereocenters. The third-order valence-electron chi connectivity index (χ3n) is 4.73. The first-order valence-electron chi connectivity index (χ1n) is 8.04. The SMILES string of the molecule is Cc1c(CO)ccc2c1c1ccccc1n2Cc1ccc(F)cc1. The highest BCUT2D eigenvalue weighted by molar-refractivity contribution is 6.10. The molecule has 1 heterocycles. The van der Waals surface area contributed by atoms with Crippen molar-refractivity contribution in [1.29, 1.82) is 0 Å². The second-order valence-electron chi connectivity index (χ2n) is 6.13. The van der Waals surface area contributed by atoms with E-state index in [1.54, 1.807) is 0 Å². The van der Waals surface area contributed by atoms with Gasteiger partial charge < -0.3 is 9.67 Å². The smallest absolute Gasteiger partial charge is 0.123 e. The molecule has 0 aliphatic carbocycles. The molecule has 2 nitrogen and oxygen atoms in total. The van der Waals surface area contributed by atoms with Crippen molar-refractivity contribution in [1.82, 2.24) is 4.57 Å². The summed E-state index contributed by atoms with van der Waals surface area (Å²) in [5.74, 6) is -0.218. The Balaban J connectivity index is 1.99. The van der Waals surface area contributed by atoms with E-state index >= 15 is 0 Å². The number of nitrogens with zero attached hydrogens (tertiary/aromatic N) is 1. The van der Waals surface area contributed by atoms with Crippen molar-refractivity contribution in [2.75, 3.05) is 0 Å². The van der Waals surface area contributed by atoms with Crippen molar-refractivity contribution in [2.24, 2.45) is 0 Å². The molecule has 3 heteroatoms. The van der Waals surface area contributed by atoms with Gasteiger partial charge in [-0.2, -0.15) is 0 Å². The van der Waals surface area contributed by atoms with Crippen LogP contribution in [0.25, 0.3) is 21.8 Å². The maximum atomic E-state index is 13.2. The van der Waals surface area contributed by atoms with Gasteiger partial charge in [-0.25, -0.2) is 4.39 Å². The van der Waals surface area contributed by atoms with Gasteiger partial charge in [-0.15, -0.1) is 0 Å². The number of benzene rings is 3. The molecule has 0 unspecified atom stereocenters. The van der Waals surface area contributed by atoms with Crippen LogP contribution in [0.1, 0.15) is 16.7 Å². The number of rotatable bonds is 3. The lowest BCUT2D eigenvalue weighted by Gasteiger charge is -2.09. The topological polar surface area (TPSA) is 25.2 Å². The maximum Gasteiger partial charge on any atom is 0.123 e. The lowest BCUT2D eigenvalue weighted by Crippen LogP contribution is -2.00. The number of aromatic nitrogens is 1. The molecular weight excluding hydrogens is 301 g/mol. The zero-order valence-corrected chi connectivity index (χ0v) is 13.5. The summed E-state index contributed by atoms with van der Waals surface area (Å²) in [6, 6.07) is 19.0. The van der Waals surface area contributed by atoms with Crippen molar-refractivity contribution in [3.8, 4) is 0 Å². The number of para-hydroxylation sites is 1. The van der Waals surface area contributed by atoms with Crippen molar-refractivity contribution >= 4 is 21.8 Å². The van der Waals surface area contributed by atoms with Crippen LogP contribution in [-0.4, -0.2) is 9.67 Å². The second kappa shape index (κ2) is 5.77. The van der Waals surface area contributed by atoms with Gasteiger partial charge in [-0.05, 0) is 47.9 Å². The first-order chi connectivity index (χ1) is 11.7. The Morgan fingerprint density at radius 2 is 1.67 bits per heavy atom. The molecule has 0 bridgehead atoms. The number of fused-ring (bicyclic) bond motifs is 3.